The molecule has 0 aliphatic carbocycles. The minimum atomic E-state index is -0.827. The number of ether oxygens (including phenoxy) is 6. The van der Waals surface area contributed by atoms with E-state index < -0.39 is 24.5 Å². The lowest BCUT2D eigenvalue weighted by Gasteiger charge is -2.14. The monoisotopic (exact) mass is 566 g/mol. The molecule has 0 fully saturated rings. The van der Waals surface area contributed by atoms with E-state index in [0.29, 0.717) is 50.4 Å². The van der Waals surface area contributed by atoms with Crippen molar-refractivity contribution in [1.29, 1.82) is 0 Å². The Labute approximate surface area is 240 Å². The Morgan fingerprint density at radius 1 is 0.610 bits per heavy atom. The van der Waals surface area contributed by atoms with E-state index in [1.807, 2.05) is 60.7 Å². The summed E-state index contributed by atoms with van der Waals surface area (Å²) < 4.78 is 32.1. The van der Waals surface area contributed by atoms with Crippen molar-refractivity contribution in [2.45, 2.75) is 65.3 Å². The SMILES string of the molecule is C[C@H](CCOCc1ccccc1)OC(=O)OCc1cc(O)cc(COC(=O)O[C@H](C)CCOCc2ccccc2)c1. The molecule has 3 aromatic carbocycles. The minimum Gasteiger partial charge on any atom is -0.508 e. The van der Waals surface area contributed by atoms with Crippen LogP contribution in [0.5, 0.6) is 5.75 Å². The third kappa shape index (κ3) is 13.2. The zero-order valence-corrected chi connectivity index (χ0v) is 23.5. The summed E-state index contributed by atoms with van der Waals surface area (Å²) in [6, 6.07) is 24.2. The highest BCUT2D eigenvalue weighted by Gasteiger charge is 2.14. The first-order valence-corrected chi connectivity index (χ1v) is 13.6. The van der Waals surface area contributed by atoms with E-state index in [1.165, 1.54) is 12.1 Å². The van der Waals surface area contributed by atoms with Crippen molar-refractivity contribution in [3.63, 3.8) is 0 Å². The van der Waals surface area contributed by atoms with Gasteiger partial charge in [0, 0.05) is 12.8 Å². The van der Waals surface area contributed by atoms with Crippen LogP contribution in [-0.4, -0.2) is 42.8 Å². The van der Waals surface area contributed by atoms with E-state index in [2.05, 4.69) is 0 Å². The highest BCUT2D eigenvalue weighted by Crippen LogP contribution is 2.18. The third-order valence-electron chi connectivity index (χ3n) is 5.91. The molecular formula is C32H38O9. The Bertz CT molecular complexity index is 1090. The zero-order valence-electron chi connectivity index (χ0n) is 23.5. The van der Waals surface area contributed by atoms with Crippen molar-refractivity contribution in [2.75, 3.05) is 13.2 Å². The summed E-state index contributed by atoms with van der Waals surface area (Å²) in [4.78, 5) is 24.2. The highest BCUT2D eigenvalue weighted by atomic mass is 16.7. The molecule has 0 spiro atoms. The van der Waals surface area contributed by atoms with Crippen LogP contribution in [0.4, 0.5) is 9.59 Å². The predicted molar refractivity (Wildman–Crippen MR) is 151 cm³/mol. The molecule has 1 N–H and O–H groups in total. The van der Waals surface area contributed by atoms with Crippen molar-refractivity contribution in [2.24, 2.45) is 0 Å². The molecule has 3 rings (SSSR count). The number of phenols is 1. The summed E-state index contributed by atoms with van der Waals surface area (Å²) in [5, 5.41) is 10.0. The molecule has 0 heterocycles. The minimum absolute atomic E-state index is 0.0562. The topological polar surface area (TPSA) is 110 Å². The van der Waals surface area contributed by atoms with E-state index in [0.717, 1.165) is 11.1 Å². The Kier molecular flexibility index (Phi) is 13.5. The van der Waals surface area contributed by atoms with Crippen LogP contribution < -0.4 is 0 Å². The molecule has 0 saturated carbocycles. The number of hydrogen-bond donors (Lipinski definition) is 1. The molecule has 0 radical (unpaired) electrons. The number of carbonyl (C=O) groups excluding carboxylic acids is 2. The van der Waals surface area contributed by atoms with Crippen LogP contribution in [-0.2, 0) is 54.8 Å². The van der Waals surface area contributed by atoms with Gasteiger partial charge in [-0.1, -0.05) is 60.7 Å². The lowest BCUT2D eigenvalue weighted by Crippen LogP contribution is -2.18. The maximum atomic E-state index is 12.1. The molecule has 0 aliphatic rings. The van der Waals surface area contributed by atoms with Crippen LogP contribution >= 0.6 is 0 Å². The number of aromatic hydroxyl groups is 1. The molecule has 2 atom stereocenters. The largest absolute Gasteiger partial charge is 0.508 e. The maximum absolute atomic E-state index is 12.1. The summed E-state index contributed by atoms with van der Waals surface area (Å²) >= 11 is 0. The second kappa shape index (κ2) is 17.6. The van der Waals surface area contributed by atoms with Gasteiger partial charge in [0.2, 0.25) is 0 Å². The van der Waals surface area contributed by atoms with Crippen LogP contribution in [0, 0.1) is 0 Å². The van der Waals surface area contributed by atoms with E-state index >= 15 is 0 Å². The quantitative estimate of drug-likeness (QED) is 0.150. The van der Waals surface area contributed by atoms with Gasteiger partial charge < -0.3 is 33.5 Å². The van der Waals surface area contributed by atoms with Gasteiger partial charge in [0.1, 0.15) is 31.2 Å². The van der Waals surface area contributed by atoms with Crippen LogP contribution in [0.1, 0.15) is 48.9 Å². The lowest BCUT2D eigenvalue weighted by atomic mass is 10.1. The van der Waals surface area contributed by atoms with Gasteiger partial charge in [0.25, 0.3) is 0 Å². The van der Waals surface area contributed by atoms with Crippen LogP contribution in [0.15, 0.2) is 78.9 Å². The van der Waals surface area contributed by atoms with Gasteiger partial charge in [0.05, 0.1) is 26.4 Å². The smallest absolute Gasteiger partial charge is 0.508 e. The third-order valence-corrected chi connectivity index (χ3v) is 5.91. The number of phenolic OH excluding ortho intramolecular Hbond substituents is 1. The predicted octanol–water partition coefficient (Wildman–Crippen LogP) is 6.69. The lowest BCUT2D eigenvalue weighted by molar-refractivity contribution is 0.00956. The number of benzene rings is 3. The molecule has 9 heteroatoms. The fraction of sp³-hybridized carbons (Fsp3) is 0.375. The van der Waals surface area contributed by atoms with Crippen LogP contribution in [0.2, 0.25) is 0 Å². The summed E-state index contributed by atoms with van der Waals surface area (Å²) in [7, 11) is 0. The number of carbonyl (C=O) groups is 2. The molecular weight excluding hydrogens is 528 g/mol. The van der Waals surface area contributed by atoms with E-state index in [4.69, 9.17) is 28.4 Å². The molecule has 220 valence electrons. The standard InChI is InChI=1S/C32H38O9/c1-24(13-15-36-20-26-9-5-3-6-10-26)40-31(34)38-22-28-17-29(19-30(33)18-28)23-39-32(35)41-25(2)14-16-37-21-27-11-7-4-8-12-27/h3-12,17-19,24-25,33H,13-16,20-23H2,1-2H3/t24-,25-/m1/s1. The average molecular weight is 567 g/mol. The molecule has 0 unspecified atom stereocenters. The Morgan fingerprint density at radius 2 is 1.02 bits per heavy atom. The first-order chi connectivity index (χ1) is 19.9. The summed E-state index contributed by atoms with van der Waals surface area (Å²) in [5.41, 5.74) is 3.17. The molecule has 41 heavy (non-hydrogen) atoms. The molecule has 0 aromatic heterocycles. The summed E-state index contributed by atoms with van der Waals surface area (Å²) in [6.07, 6.45) is -1.40. The van der Waals surface area contributed by atoms with Gasteiger partial charge in [0.15, 0.2) is 0 Å². The normalized spacial score (nSPS) is 12.2. The zero-order chi connectivity index (χ0) is 29.3. The first kappa shape index (κ1) is 31.4. The van der Waals surface area contributed by atoms with Crippen molar-refractivity contribution >= 4 is 12.3 Å². The Balaban J connectivity index is 1.30. The Morgan fingerprint density at radius 3 is 1.44 bits per heavy atom. The Hall–Kier alpha value is -4.08. The molecule has 9 nitrogen and oxygen atoms in total. The van der Waals surface area contributed by atoms with Crippen LogP contribution in [0.25, 0.3) is 0 Å². The van der Waals surface area contributed by atoms with Gasteiger partial charge in [-0.05, 0) is 54.3 Å². The number of rotatable bonds is 16. The van der Waals surface area contributed by atoms with Crippen LogP contribution in [0.3, 0.4) is 0 Å². The fourth-order valence-corrected chi connectivity index (χ4v) is 3.74. The molecule has 0 bridgehead atoms. The van der Waals surface area contributed by atoms with Gasteiger partial charge in [-0.3, -0.25) is 0 Å². The second-order valence-corrected chi connectivity index (χ2v) is 9.60. The van der Waals surface area contributed by atoms with E-state index in [1.54, 1.807) is 19.9 Å². The molecule has 3 aromatic rings. The summed E-state index contributed by atoms with van der Waals surface area (Å²) in [5.74, 6) is -0.0562. The van der Waals surface area contributed by atoms with Gasteiger partial charge in [-0.15, -0.1) is 0 Å². The van der Waals surface area contributed by atoms with Gasteiger partial charge in [-0.2, -0.15) is 0 Å². The van der Waals surface area contributed by atoms with Gasteiger partial charge >= 0.3 is 12.3 Å². The average Bonchev–Trinajstić information content (AvgIpc) is 2.96. The molecule has 0 saturated heterocycles. The second-order valence-electron chi connectivity index (χ2n) is 9.60. The summed E-state index contributed by atoms with van der Waals surface area (Å²) in [6.45, 7) is 5.11. The molecule has 0 amide bonds. The van der Waals surface area contributed by atoms with Crippen molar-refractivity contribution < 1.29 is 43.1 Å². The first-order valence-electron chi connectivity index (χ1n) is 13.6. The fourth-order valence-electron chi connectivity index (χ4n) is 3.74. The van der Waals surface area contributed by atoms with E-state index in [9.17, 15) is 14.7 Å². The van der Waals surface area contributed by atoms with E-state index in [-0.39, 0.29) is 19.0 Å². The molecule has 0 aliphatic heterocycles. The van der Waals surface area contributed by atoms with Crippen molar-refractivity contribution in [3.05, 3.63) is 101 Å². The number of hydrogen-bond acceptors (Lipinski definition) is 9. The van der Waals surface area contributed by atoms with Crippen molar-refractivity contribution in [1.82, 2.24) is 0 Å². The highest BCUT2D eigenvalue weighted by molar-refractivity contribution is 5.60. The van der Waals surface area contributed by atoms with Gasteiger partial charge in [-0.25, -0.2) is 9.59 Å². The maximum Gasteiger partial charge on any atom is 0.508 e. The van der Waals surface area contributed by atoms with Crippen molar-refractivity contribution in [3.8, 4) is 5.75 Å².